The number of rotatable bonds is 8. The van der Waals surface area contributed by atoms with Gasteiger partial charge in [0, 0.05) is 66.2 Å². The van der Waals surface area contributed by atoms with Gasteiger partial charge in [-0.3, -0.25) is 4.99 Å². The molecule has 1 aliphatic heterocycles. The van der Waals surface area contributed by atoms with Gasteiger partial charge in [-0.05, 0) is 43.4 Å². The van der Waals surface area contributed by atoms with Crippen LogP contribution in [0.4, 0.5) is 5.82 Å². The lowest BCUT2D eigenvalue weighted by Crippen LogP contribution is -2.46. The van der Waals surface area contributed by atoms with Crippen LogP contribution in [0.1, 0.15) is 31.2 Å². The van der Waals surface area contributed by atoms with Crippen molar-refractivity contribution in [2.24, 2.45) is 10.4 Å². The fourth-order valence-electron chi connectivity index (χ4n) is 3.93. The Morgan fingerprint density at radius 3 is 2.52 bits per heavy atom. The van der Waals surface area contributed by atoms with Crippen LogP contribution in [0.3, 0.4) is 0 Å². The predicted octanol–water partition coefficient (Wildman–Crippen LogP) is 2.32. The van der Waals surface area contributed by atoms with Gasteiger partial charge in [-0.15, -0.1) is 24.0 Å². The van der Waals surface area contributed by atoms with Gasteiger partial charge in [0.15, 0.2) is 5.96 Å². The van der Waals surface area contributed by atoms with E-state index in [-0.39, 0.29) is 24.0 Å². The van der Waals surface area contributed by atoms with E-state index in [2.05, 4.69) is 49.6 Å². The van der Waals surface area contributed by atoms with E-state index >= 15 is 0 Å². The van der Waals surface area contributed by atoms with E-state index < -0.39 is 0 Å². The van der Waals surface area contributed by atoms with Crippen molar-refractivity contribution in [3.05, 3.63) is 23.9 Å². The Kier molecular flexibility index (Phi) is 9.91. The van der Waals surface area contributed by atoms with Gasteiger partial charge < -0.3 is 25.2 Å². The Morgan fingerprint density at radius 2 is 1.97 bits per heavy atom. The summed E-state index contributed by atoms with van der Waals surface area (Å²) in [7, 11) is 5.78. The number of hydrogen-bond donors (Lipinski definition) is 2. The number of piperazine rings is 1. The average molecular weight is 516 g/mol. The van der Waals surface area contributed by atoms with Gasteiger partial charge in [-0.2, -0.15) is 0 Å². The van der Waals surface area contributed by atoms with Crippen LogP contribution in [0, 0.1) is 5.41 Å². The highest BCUT2D eigenvalue weighted by Gasteiger charge is 2.36. The van der Waals surface area contributed by atoms with Gasteiger partial charge in [0.25, 0.3) is 0 Å². The average Bonchev–Trinajstić information content (AvgIpc) is 2.70. The molecular formula is C21H37IN6O. The fraction of sp³-hybridized carbons (Fsp3) is 0.714. The molecule has 2 N–H and O–H groups in total. The second-order valence-corrected chi connectivity index (χ2v) is 8.19. The lowest BCUT2D eigenvalue weighted by atomic mass is 9.67. The number of hydrogen-bond acceptors (Lipinski definition) is 5. The summed E-state index contributed by atoms with van der Waals surface area (Å²) >= 11 is 0. The number of nitrogens with zero attached hydrogens (tertiary/aromatic N) is 4. The van der Waals surface area contributed by atoms with Gasteiger partial charge in [0.2, 0.25) is 0 Å². The van der Waals surface area contributed by atoms with E-state index in [4.69, 9.17) is 4.74 Å². The number of methoxy groups -OCH3 is 1. The molecule has 1 aromatic heterocycles. The molecular weight excluding hydrogens is 479 g/mol. The molecule has 2 aliphatic rings. The van der Waals surface area contributed by atoms with Gasteiger partial charge in [-0.1, -0.05) is 12.5 Å². The lowest BCUT2D eigenvalue weighted by Gasteiger charge is -2.42. The van der Waals surface area contributed by atoms with Gasteiger partial charge in [0.05, 0.1) is 0 Å². The quantitative estimate of drug-likeness (QED) is 0.314. The number of likely N-dealkylation sites (N-methyl/N-ethyl adjacent to an activating group) is 1. The van der Waals surface area contributed by atoms with Gasteiger partial charge in [0.1, 0.15) is 5.82 Å². The number of guanidine groups is 1. The van der Waals surface area contributed by atoms with Crippen LogP contribution in [0.15, 0.2) is 23.3 Å². The van der Waals surface area contributed by atoms with Crippen molar-refractivity contribution in [2.45, 2.75) is 32.2 Å². The minimum absolute atomic E-state index is 0. The predicted molar refractivity (Wildman–Crippen MR) is 130 cm³/mol. The monoisotopic (exact) mass is 516 g/mol. The van der Waals surface area contributed by atoms with Crippen molar-refractivity contribution in [1.29, 1.82) is 0 Å². The molecule has 0 aromatic carbocycles. The molecule has 7 nitrogen and oxygen atoms in total. The second-order valence-electron chi connectivity index (χ2n) is 8.19. The van der Waals surface area contributed by atoms with Crippen LogP contribution in [0.5, 0.6) is 0 Å². The highest BCUT2D eigenvalue weighted by Crippen LogP contribution is 2.43. The van der Waals surface area contributed by atoms with Gasteiger partial charge >= 0.3 is 0 Å². The Morgan fingerprint density at radius 1 is 1.21 bits per heavy atom. The maximum absolute atomic E-state index is 5.28. The largest absolute Gasteiger partial charge is 0.385 e. The summed E-state index contributed by atoms with van der Waals surface area (Å²) < 4.78 is 5.28. The number of pyridine rings is 1. The number of aliphatic imine (C=N–C) groups is 1. The zero-order chi connectivity index (χ0) is 19.8. The molecule has 3 rings (SSSR count). The van der Waals surface area contributed by atoms with Crippen LogP contribution in [0.2, 0.25) is 0 Å². The molecule has 1 saturated heterocycles. The number of aromatic nitrogens is 1. The van der Waals surface area contributed by atoms with Crippen molar-refractivity contribution in [1.82, 2.24) is 20.5 Å². The zero-order valence-corrected chi connectivity index (χ0v) is 20.4. The Hall–Kier alpha value is -1.13. The number of nitrogens with one attached hydrogen (secondary N) is 2. The van der Waals surface area contributed by atoms with Crippen molar-refractivity contribution in [2.75, 3.05) is 65.4 Å². The molecule has 0 bridgehead atoms. The third-order valence-corrected chi connectivity index (χ3v) is 6.20. The third-order valence-electron chi connectivity index (χ3n) is 6.20. The number of ether oxygens (including phenoxy) is 1. The van der Waals surface area contributed by atoms with E-state index in [1.54, 1.807) is 7.11 Å². The summed E-state index contributed by atoms with van der Waals surface area (Å²) in [6, 6.07) is 4.29. The first kappa shape index (κ1) is 24.1. The maximum atomic E-state index is 5.28. The molecule has 0 radical (unpaired) electrons. The summed E-state index contributed by atoms with van der Waals surface area (Å²) in [6.07, 6.45) is 6.96. The van der Waals surface area contributed by atoms with Crippen molar-refractivity contribution in [3.63, 3.8) is 0 Å². The Bertz CT molecular complexity index is 627. The molecule has 164 valence electrons. The van der Waals surface area contributed by atoms with Crippen LogP contribution >= 0.6 is 24.0 Å². The highest BCUT2D eigenvalue weighted by atomic mass is 127. The smallest absolute Gasteiger partial charge is 0.191 e. The van der Waals surface area contributed by atoms with E-state index in [0.29, 0.717) is 5.41 Å². The zero-order valence-electron chi connectivity index (χ0n) is 18.1. The minimum atomic E-state index is 0. The van der Waals surface area contributed by atoms with Crippen molar-refractivity contribution < 1.29 is 4.74 Å². The van der Waals surface area contributed by atoms with Crippen LogP contribution in [-0.4, -0.2) is 76.4 Å². The Labute approximate surface area is 192 Å². The summed E-state index contributed by atoms with van der Waals surface area (Å²) in [5, 5.41) is 6.92. The van der Waals surface area contributed by atoms with Gasteiger partial charge in [-0.25, -0.2) is 4.98 Å². The van der Waals surface area contributed by atoms with Crippen LogP contribution in [0.25, 0.3) is 0 Å². The molecule has 29 heavy (non-hydrogen) atoms. The van der Waals surface area contributed by atoms with Crippen LogP contribution < -0.4 is 15.5 Å². The van der Waals surface area contributed by atoms with E-state index in [1.807, 2.05) is 13.2 Å². The molecule has 1 saturated carbocycles. The van der Waals surface area contributed by atoms with E-state index in [1.165, 1.54) is 24.8 Å². The summed E-state index contributed by atoms with van der Waals surface area (Å²) in [4.78, 5) is 13.8. The van der Waals surface area contributed by atoms with Crippen LogP contribution in [-0.2, 0) is 11.3 Å². The topological polar surface area (TPSA) is 65.0 Å². The molecule has 0 spiro atoms. The Balaban J connectivity index is 0.00000300. The molecule has 0 atom stereocenters. The first-order valence-electron chi connectivity index (χ1n) is 10.5. The minimum Gasteiger partial charge on any atom is -0.385 e. The first-order valence-corrected chi connectivity index (χ1v) is 10.5. The molecule has 2 fully saturated rings. The summed E-state index contributed by atoms with van der Waals surface area (Å²) in [5.74, 6) is 1.93. The van der Waals surface area contributed by atoms with E-state index in [9.17, 15) is 0 Å². The first-order chi connectivity index (χ1) is 13.6. The number of halogens is 1. The third kappa shape index (κ3) is 6.96. The fourth-order valence-corrected chi connectivity index (χ4v) is 3.93. The maximum Gasteiger partial charge on any atom is 0.191 e. The standard InChI is InChI=1S/C21H36N6O.HI/c1-22-20(25-17-21(7-4-8-21)9-14-28-3)24-16-18-5-6-19(23-15-18)27-12-10-26(2)11-13-27;/h5-6,15H,4,7-14,16-17H2,1-3H3,(H2,22,24,25);1H. The van der Waals surface area contributed by atoms with E-state index in [0.717, 1.165) is 64.1 Å². The SMILES string of the molecule is CN=C(NCc1ccc(N2CCN(C)CC2)nc1)NCC1(CCOC)CCC1.I. The normalized spacial score (nSPS) is 19.3. The molecule has 1 aliphatic carbocycles. The van der Waals surface area contributed by atoms with Crippen molar-refractivity contribution >= 4 is 35.8 Å². The number of anilines is 1. The molecule has 0 amide bonds. The molecule has 1 aromatic rings. The molecule has 0 unspecified atom stereocenters. The van der Waals surface area contributed by atoms with Crippen molar-refractivity contribution in [3.8, 4) is 0 Å². The molecule has 2 heterocycles. The lowest BCUT2D eigenvalue weighted by molar-refractivity contribution is 0.0732. The second kappa shape index (κ2) is 11.9. The summed E-state index contributed by atoms with van der Waals surface area (Å²) in [6.45, 7) is 6.79. The highest BCUT2D eigenvalue weighted by molar-refractivity contribution is 14.0. The summed E-state index contributed by atoms with van der Waals surface area (Å²) in [5.41, 5.74) is 1.54. The molecule has 8 heteroatoms.